The highest BCUT2D eigenvalue weighted by Gasteiger charge is 2.35. The molecule has 2 heterocycles. The zero-order valence-corrected chi connectivity index (χ0v) is 14.3. The lowest BCUT2D eigenvalue weighted by molar-refractivity contribution is -0.00204. The topological polar surface area (TPSA) is 59.1 Å². The van der Waals surface area contributed by atoms with Crippen molar-refractivity contribution in [1.82, 2.24) is 8.61 Å². The van der Waals surface area contributed by atoms with Crippen molar-refractivity contribution in [3.05, 3.63) is 29.8 Å². The molecule has 2 fully saturated rings. The summed E-state index contributed by atoms with van der Waals surface area (Å²) in [6, 6.07) is 7.82. The molecule has 0 aliphatic carbocycles. The Bertz CT molecular complexity index is 611. The summed E-state index contributed by atoms with van der Waals surface area (Å²) in [6.07, 6.45) is 2.52. The van der Waals surface area contributed by atoms with E-state index in [0.29, 0.717) is 39.2 Å². The molecule has 1 aromatic carbocycles. The summed E-state index contributed by atoms with van der Waals surface area (Å²) >= 11 is 0. The molecule has 2 aliphatic heterocycles. The van der Waals surface area contributed by atoms with E-state index in [0.717, 1.165) is 24.2 Å². The molecule has 23 heavy (non-hydrogen) atoms. The Morgan fingerprint density at radius 3 is 2.48 bits per heavy atom. The van der Waals surface area contributed by atoms with Gasteiger partial charge < -0.3 is 9.47 Å². The van der Waals surface area contributed by atoms with Gasteiger partial charge in [0, 0.05) is 26.2 Å². The van der Waals surface area contributed by atoms with Gasteiger partial charge in [-0.2, -0.15) is 17.0 Å². The predicted molar refractivity (Wildman–Crippen MR) is 87.7 cm³/mol. The molecule has 0 saturated carbocycles. The predicted octanol–water partition coefficient (Wildman–Crippen LogP) is 1.28. The van der Waals surface area contributed by atoms with Gasteiger partial charge in [-0.25, -0.2) is 0 Å². The minimum Gasteiger partial charge on any atom is -0.497 e. The fourth-order valence-corrected chi connectivity index (χ4v) is 4.84. The van der Waals surface area contributed by atoms with E-state index in [9.17, 15) is 8.42 Å². The molecule has 0 spiro atoms. The van der Waals surface area contributed by atoms with Crippen LogP contribution in [0, 0.1) is 0 Å². The molecule has 0 radical (unpaired) electrons. The second-order valence-corrected chi connectivity index (χ2v) is 7.95. The van der Waals surface area contributed by atoms with Gasteiger partial charge in [0.2, 0.25) is 0 Å². The fourth-order valence-electron chi connectivity index (χ4n) is 3.13. The molecule has 1 atom stereocenters. The van der Waals surface area contributed by atoms with Crippen molar-refractivity contribution in [1.29, 1.82) is 0 Å². The first kappa shape index (κ1) is 16.7. The maximum Gasteiger partial charge on any atom is 0.282 e. The first-order chi connectivity index (χ1) is 11.1. The van der Waals surface area contributed by atoms with Crippen LogP contribution >= 0.6 is 0 Å². The van der Waals surface area contributed by atoms with E-state index in [1.54, 1.807) is 15.7 Å². The van der Waals surface area contributed by atoms with E-state index >= 15 is 0 Å². The van der Waals surface area contributed by atoms with E-state index in [1.807, 2.05) is 24.3 Å². The Balaban J connectivity index is 1.63. The lowest BCUT2D eigenvalue weighted by Crippen LogP contribution is -2.51. The third-order valence-corrected chi connectivity index (χ3v) is 6.44. The SMILES string of the molecule is COc1ccc(C[C@H]2CN(S(=O)(=O)N3CCCC3)CCO2)cc1. The summed E-state index contributed by atoms with van der Waals surface area (Å²) in [7, 11) is -1.69. The van der Waals surface area contributed by atoms with E-state index in [-0.39, 0.29) is 6.10 Å². The monoisotopic (exact) mass is 340 g/mol. The number of hydrogen-bond donors (Lipinski definition) is 0. The van der Waals surface area contributed by atoms with Crippen molar-refractivity contribution < 1.29 is 17.9 Å². The third kappa shape index (κ3) is 3.85. The van der Waals surface area contributed by atoms with Crippen LogP contribution in [0.2, 0.25) is 0 Å². The first-order valence-electron chi connectivity index (χ1n) is 8.09. The smallest absolute Gasteiger partial charge is 0.282 e. The van der Waals surface area contributed by atoms with E-state index in [2.05, 4.69) is 0 Å². The average Bonchev–Trinajstić information content (AvgIpc) is 3.11. The maximum absolute atomic E-state index is 12.6. The highest BCUT2D eigenvalue weighted by molar-refractivity contribution is 7.86. The third-order valence-electron chi connectivity index (χ3n) is 4.44. The molecule has 1 aromatic rings. The Labute approximate surface area is 138 Å². The molecule has 6 nitrogen and oxygen atoms in total. The van der Waals surface area contributed by atoms with Crippen molar-refractivity contribution in [2.24, 2.45) is 0 Å². The summed E-state index contributed by atoms with van der Waals surface area (Å²) < 4.78 is 39.4. The molecule has 128 valence electrons. The van der Waals surface area contributed by atoms with E-state index in [4.69, 9.17) is 9.47 Å². The van der Waals surface area contributed by atoms with Crippen LogP contribution in [0.4, 0.5) is 0 Å². The van der Waals surface area contributed by atoms with E-state index in [1.165, 1.54) is 0 Å². The van der Waals surface area contributed by atoms with Gasteiger partial charge in [0.05, 0.1) is 19.8 Å². The number of benzene rings is 1. The van der Waals surface area contributed by atoms with Gasteiger partial charge in [0.25, 0.3) is 10.2 Å². The molecule has 0 N–H and O–H groups in total. The van der Waals surface area contributed by atoms with E-state index < -0.39 is 10.2 Å². The van der Waals surface area contributed by atoms with Gasteiger partial charge in [0.1, 0.15) is 5.75 Å². The number of hydrogen-bond acceptors (Lipinski definition) is 4. The number of morpholine rings is 1. The largest absolute Gasteiger partial charge is 0.497 e. The average molecular weight is 340 g/mol. The molecule has 3 rings (SSSR count). The molecular weight excluding hydrogens is 316 g/mol. The first-order valence-corrected chi connectivity index (χ1v) is 9.49. The summed E-state index contributed by atoms with van der Waals surface area (Å²) in [6.45, 7) is 2.60. The van der Waals surface area contributed by atoms with Gasteiger partial charge in [-0.1, -0.05) is 12.1 Å². The van der Waals surface area contributed by atoms with Gasteiger partial charge in [0.15, 0.2) is 0 Å². The van der Waals surface area contributed by atoms with Crippen molar-refractivity contribution in [3.8, 4) is 5.75 Å². The molecule has 2 saturated heterocycles. The van der Waals surface area contributed by atoms with Crippen LogP contribution in [0.3, 0.4) is 0 Å². The van der Waals surface area contributed by atoms with Gasteiger partial charge in [-0.3, -0.25) is 0 Å². The Kier molecular flexibility index (Phi) is 5.21. The van der Waals surface area contributed by atoms with Gasteiger partial charge in [-0.15, -0.1) is 0 Å². The highest BCUT2D eigenvalue weighted by atomic mass is 32.2. The minimum atomic E-state index is -3.33. The van der Waals surface area contributed by atoms with Crippen LogP contribution in [0.25, 0.3) is 0 Å². The molecule has 7 heteroatoms. The van der Waals surface area contributed by atoms with Gasteiger partial charge in [-0.05, 0) is 37.0 Å². The lowest BCUT2D eigenvalue weighted by Gasteiger charge is -2.34. The molecule has 0 bridgehead atoms. The molecular formula is C16H24N2O4S. The van der Waals surface area contributed by atoms with Crippen LogP contribution in [0.1, 0.15) is 18.4 Å². The number of nitrogens with zero attached hydrogens (tertiary/aromatic N) is 2. The standard InChI is InChI=1S/C16H24N2O4S/c1-21-15-6-4-14(5-7-15)12-16-13-18(10-11-22-16)23(19,20)17-8-2-3-9-17/h4-7,16H,2-3,8-13H2,1H3/t16-/m0/s1. The molecule has 0 unspecified atom stereocenters. The summed E-state index contributed by atoms with van der Waals surface area (Å²) in [5.41, 5.74) is 1.12. The van der Waals surface area contributed by atoms with Crippen LogP contribution in [-0.2, 0) is 21.4 Å². The minimum absolute atomic E-state index is 0.102. The summed E-state index contributed by atoms with van der Waals surface area (Å²) in [5.74, 6) is 0.816. The zero-order chi connectivity index (χ0) is 16.3. The van der Waals surface area contributed by atoms with Crippen LogP contribution in [0.15, 0.2) is 24.3 Å². The van der Waals surface area contributed by atoms with Crippen molar-refractivity contribution in [2.45, 2.75) is 25.4 Å². The van der Waals surface area contributed by atoms with Crippen molar-refractivity contribution in [3.63, 3.8) is 0 Å². The lowest BCUT2D eigenvalue weighted by atomic mass is 10.1. The summed E-state index contributed by atoms with van der Waals surface area (Å²) in [5, 5.41) is 0. The normalized spacial score (nSPS) is 24.0. The van der Waals surface area contributed by atoms with Crippen LogP contribution in [0.5, 0.6) is 5.75 Å². The number of rotatable bonds is 5. The maximum atomic E-state index is 12.6. The quantitative estimate of drug-likeness (QED) is 0.810. The van der Waals surface area contributed by atoms with Crippen LogP contribution < -0.4 is 4.74 Å². The van der Waals surface area contributed by atoms with Crippen molar-refractivity contribution >= 4 is 10.2 Å². The number of methoxy groups -OCH3 is 1. The molecule has 2 aliphatic rings. The number of ether oxygens (including phenoxy) is 2. The second-order valence-electron chi connectivity index (χ2n) is 6.02. The Morgan fingerprint density at radius 2 is 1.83 bits per heavy atom. The fraction of sp³-hybridized carbons (Fsp3) is 0.625. The van der Waals surface area contributed by atoms with Gasteiger partial charge >= 0.3 is 0 Å². The Morgan fingerprint density at radius 1 is 1.13 bits per heavy atom. The summed E-state index contributed by atoms with van der Waals surface area (Å²) in [4.78, 5) is 0. The van der Waals surface area contributed by atoms with Crippen molar-refractivity contribution in [2.75, 3.05) is 39.9 Å². The van der Waals surface area contributed by atoms with Crippen LogP contribution in [-0.4, -0.2) is 63.0 Å². The molecule has 0 amide bonds. The molecule has 0 aromatic heterocycles. The highest BCUT2D eigenvalue weighted by Crippen LogP contribution is 2.21. The Hall–Kier alpha value is -1.15. The zero-order valence-electron chi connectivity index (χ0n) is 13.5. The second kappa shape index (κ2) is 7.17.